The first-order valence-corrected chi connectivity index (χ1v) is 7.82. The number of rotatable bonds is 5. The Hall–Kier alpha value is -0.960. The molecule has 0 bridgehead atoms. The summed E-state index contributed by atoms with van der Waals surface area (Å²) in [6.07, 6.45) is 0. The highest BCUT2D eigenvalue weighted by Gasteiger charge is 2.23. The molecule has 2 N–H and O–H groups in total. The summed E-state index contributed by atoms with van der Waals surface area (Å²) in [5.41, 5.74) is 0. The molecule has 0 radical (unpaired) electrons. The van der Waals surface area contributed by atoms with Crippen LogP contribution in [-0.2, 0) is 24.6 Å². The Labute approximate surface area is 100 Å². The minimum atomic E-state index is -4.06. The lowest BCUT2D eigenvalue weighted by Crippen LogP contribution is -2.19. The number of benzene rings is 1. The molecule has 8 heteroatoms. The molecule has 0 fully saturated rings. The predicted molar refractivity (Wildman–Crippen MR) is 61.7 cm³/mol. The minimum Gasteiger partial charge on any atom is -0.384 e. The van der Waals surface area contributed by atoms with E-state index in [0.717, 1.165) is 6.07 Å². The fraction of sp³-hybridized carbons (Fsp3) is 0.333. The molecule has 0 aliphatic rings. The standard InChI is InChI=1S/C9H13NO5S2/c1-15-6-7-16(11,12)8-4-2-3-5-9(8)17(10,13)14/h2-5H,6-7H2,1H3,(H2,10,13,14). The molecule has 0 amide bonds. The van der Waals surface area contributed by atoms with Crippen LogP contribution in [0.15, 0.2) is 34.1 Å². The summed E-state index contributed by atoms with van der Waals surface area (Å²) >= 11 is 0. The monoisotopic (exact) mass is 279 g/mol. The molecule has 0 saturated heterocycles. The van der Waals surface area contributed by atoms with Crippen LogP contribution >= 0.6 is 0 Å². The van der Waals surface area contributed by atoms with Crippen molar-refractivity contribution >= 4 is 19.9 Å². The van der Waals surface area contributed by atoms with E-state index in [2.05, 4.69) is 4.74 Å². The van der Waals surface area contributed by atoms with Gasteiger partial charge in [-0.3, -0.25) is 0 Å². The van der Waals surface area contributed by atoms with Gasteiger partial charge in [0.15, 0.2) is 9.84 Å². The molecule has 1 rings (SSSR count). The molecule has 0 atom stereocenters. The molecule has 0 aliphatic carbocycles. The summed E-state index contributed by atoms with van der Waals surface area (Å²) in [4.78, 5) is -0.685. The quantitative estimate of drug-likeness (QED) is 0.800. The molecule has 0 spiro atoms. The third-order valence-electron chi connectivity index (χ3n) is 2.05. The van der Waals surface area contributed by atoms with Crippen LogP contribution < -0.4 is 5.14 Å². The summed E-state index contributed by atoms with van der Waals surface area (Å²) < 4.78 is 50.9. The molecule has 6 nitrogen and oxygen atoms in total. The van der Waals surface area contributed by atoms with Crippen LogP contribution in [0.25, 0.3) is 0 Å². The third-order valence-corrected chi connectivity index (χ3v) is 4.88. The highest BCUT2D eigenvalue weighted by atomic mass is 32.2. The fourth-order valence-corrected chi connectivity index (χ4v) is 3.86. The van der Waals surface area contributed by atoms with E-state index < -0.39 is 24.8 Å². The first-order chi connectivity index (χ1) is 7.79. The summed E-state index contributed by atoms with van der Waals surface area (Å²) in [5.74, 6) is -0.296. The number of nitrogens with two attached hydrogens (primary N) is 1. The molecule has 0 unspecified atom stereocenters. The second-order valence-corrected chi connectivity index (χ2v) is 6.91. The zero-order valence-electron chi connectivity index (χ0n) is 9.16. The predicted octanol–water partition coefficient (Wildman–Crippen LogP) is -0.246. The van der Waals surface area contributed by atoms with Gasteiger partial charge in [-0.1, -0.05) is 12.1 Å². The van der Waals surface area contributed by atoms with Gasteiger partial charge in [-0.05, 0) is 12.1 Å². The maximum atomic E-state index is 11.9. The summed E-state index contributed by atoms with van der Waals surface area (Å²) in [5, 5.41) is 4.96. The van der Waals surface area contributed by atoms with Gasteiger partial charge in [0.2, 0.25) is 10.0 Å². The highest BCUT2D eigenvalue weighted by molar-refractivity contribution is 7.93. The Morgan fingerprint density at radius 2 is 1.65 bits per heavy atom. The molecule has 0 aliphatic heterocycles. The van der Waals surface area contributed by atoms with Gasteiger partial charge in [0, 0.05) is 7.11 Å². The lowest BCUT2D eigenvalue weighted by Gasteiger charge is -2.08. The van der Waals surface area contributed by atoms with Crippen molar-refractivity contribution in [3.05, 3.63) is 24.3 Å². The van der Waals surface area contributed by atoms with E-state index in [1.54, 1.807) is 0 Å². The van der Waals surface area contributed by atoms with Crippen LogP contribution in [0.5, 0.6) is 0 Å². The lowest BCUT2D eigenvalue weighted by atomic mass is 10.4. The third kappa shape index (κ3) is 3.50. The Bertz CT molecular complexity index is 592. The summed E-state index contributed by atoms with van der Waals surface area (Å²) in [6.45, 7) is -0.0126. The van der Waals surface area contributed by atoms with E-state index in [-0.39, 0.29) is 17.3 Å². The first-order valence-electron chi connectivity index (χ1n) is 4.62. The molecular weight excluding hydrogens is 266 g/mol. The molecule has 17 heavy (non-hydrogen) atoms. The van der Waals surface area contributed by atoms with Crippen LogP contribution in [-0.4, -0.2) is 36.3 Å². The molecule has 0 saturated carbocycles. The minimum absolute atomic E-state index is 0.0126. The Kier molecular flexibility index (Phi) is 4.26. The number of methoxy groups -OCH3 is 1. The van der Waals surface area contributed by atoms with E-state index in [4.69, 9.17) is 5.14 Å². The highest BCUT2D eigenvalue weighted by Crippen LogP contribution is 2.20. The molecule has 0 heterocycles. The van der Waals surface area contributed by atoms with E-state index >= 15 is 0 Å². The number of primary sulfonamides is 1. The van der Waals surface area contributed by atoms with Crippen molar-refractivity contribution in [3.8, 4) is 0 Å². The normalized spacial score (nSPS) is 12.6. The van der Waals surface area contributed by atoms with Crippen molar-refractivity contribution in [2.45, 2.75) is 9.79 Å². The van der Waals surface area contributed by atoms with Gasteiger partial charge in [-0.2, -0.15) is 0 Å². The average Bonchev–Trinajstić information content (AvgIpc) is 2.25. The van der Waals surface area contributed by atoms with Crippen molar-refractivity contribution in [1.82, 2.24) is 0 Å². The SMILES string of the molecule is COCCS(=O)(=O)c1ccccc1S(N)(=O)=O. The van der Waals surface area contributed by atoms with Gasteiger partial charge in [0.1, 0.15) is 4.90 Å². The van der Waals surface area contributed by atoms with E-state index in [1.807, 2.05) is 0 Å². The van der Waals surface area contributed by atoms with Gasteiger partial charge < -0.3 is 4.74 Å². The van der Waals surface area contributed by atoms with Crippen LogP contribution in [0, 0.1) is 0 Å². The van der Waals surface area contributed by atoms with Crippen LogP contribution in [0.4, 0.5) is 0 Å². The maximum Gasteiger partial charge on any atom is 0.239 e. The summed E-state index contributed by atoms with van der Waals surface area (Å²) in [7, 11) is -6.42. The topological polar surface area (TPSA) is 104 Å². The van der Waals surface area contributed by atoms with Crippen molar-refractivity contribution in [3.63, 3.8) is 0 Å². The zero-order valence-corrected chi connectivity index (χ0v) is 10.8. The summed E-state index contributed by atoms with van der Waals surface area (Å²) in [6, 6.07) is 5.23. The van der Waals surface area contributed by atoms with Gasteiger partial charge in [0.25, 0.3) is 0 Å². The van der Waals surface area contributed by atoms with Crippen LogP contribution in [0.1, 0.15) is 0 Å². The van der Waals surface area contributed by atoms with E-state index in [9.17, 15) is 16.8 Å². The van der Waals surface area contributed by atoms with Crippen molar-refractivity contribution < 1.29 is 21.6 Å². The molecule has 0 aromatic heterocycles. The Morgan fingerprint density at radius 3 is 2.12 bits per heavy atom. The van der Waals surface area contributed by atoms with Crippen molar-refractivity contribution in [2.75, 3.05) is 19.5 Å². The first kappa shape index (κ1) is 14.1. The smallest absolute Gasteiger partial charge is 0.239 e. The number of sulfonamides is 1. The maximum absolute atomic E-state index is 11.9. The van der Waals surface area contributed by atoms with Gasteiger partial charge in [-0.25, -0.2) is 22.0 Å². The van der Waals surface area contributed by atoms with E-state index in [0.29, 0.717) is 0 Å². The molecule has 96 valence electrons. The average molecular weight is 279 g/mol. The number of hydrogen-bond acceptors (Lipinski definition) is 5. The number of ether oxygens (including phenoxy) is 1. The van der Waals surface area contributed by atoms with Crippen molar-refractivity contribution in [1.29, 1.82) is 0 Å². The van der Waals surface area contributed by atoms with Gasteiger partial charge in [-0.15, -0.1) is 0 Å². The molecular formula is C9H13NO5S2. The largest absolute Gasteiger partial charge is 0.384 e. The number of hydrogen-bond donors (Lipinski definition) is 1. The Balaban J connectivity index is 3.33. The fourth-order valence-electron chi connectivity index (χ4n) is 1.25. The van der Waals surface area contributed by atoms with Crippen LogP contribution in [0.3, 0.4) is 0 Å². The van der Waals surface area contributed by atoms with Gasteiger partial charge >= 0.3 is 0 Å². The van der Waals surface area contributed by atoms with Crippen LogP contribution in [0.2, 0.25) is 0 Å². The second kappa shape index (κ2) is 5.13. The second-order valence-electron chi connectivity index (χ2n) is 3.30. The molecule has 1 aromatic rings. The number of sulfone groups is 1. The zero-order chi connectivity index (χ0) is 13.1. The Morgan fingerprint density at radius 1 is 1.12 bits per heavy atom. The lowest BCUT2D eigenvalue weighted by molar-refractivity contribution is 0.217. The van der Waals surface area contributed by atoms with Crippen molar-refractivity contribution in [2.24, 2.45) is 5.14 Å². The van der Waals surface area contributed by atoms with Gasteiger partial charge in [0.05, 0.1) is 17.3 Å². The molecule has 1 aromatic carbocycles. The van der Waals surface area contributed by atoms with E-state index in [1.165, 1.54) is 25.3 Å².